The van der Waals surface area contributed by atoms with E-state index in [1.54, 1.807) is 0 Å². The third-order valence-electron chi connectivity index (χ3n) is 2.95. The molecule has 15 heavy (non-hydrogen) atoms. The van der Waals surface area contributed by atoms with E-state index in [4.69, 9.17) is 11.5 Å². The van der Waals surface area contributed by atoms with E-state index in [9.17, 15) is 0 Å². The molecule has 0 aliphatic heterocycles. The molecule has 4 N–H and O–H groups in total. The van der Waals surface area contributed by atoms with Crippen molar-refractivity contribution < 1.29 is 0 Å². The van der Waals surface area contributed by atoms with Crippen LogP contribution in [0.5, 0.6) is 0 Å². The summed E-state index contributed by atoms with van der Waals surface area (Å²) in [6.45, 7) is 8.67. The molecule has 1 atom stereocenters. The summed E-state index contributed by atoms with van der Waals surface area (Å²) in [7, 11) is 0. The number of benzene rings is 1. The number of rotatable bonds is 3. The predicted molar refractivity (Wildman–Crippen MR) is 67.9 cm³/mol. The molecule has 0 aliphatic carbocycles. The second-order valence-electron chi connectivity index (χ2n) is 4.81. The van der Waals surface area contributed by atoms with Gasteiger partial charge in [-0.05, 0) is 42.4 Å². The van der Waals surface area contributed by atoms with Crippen molar-refractivity contribution in [2.24, 2.45) is 5.92 Å². The Morgan fingerprint density at radius 2 is 1.73 bits per heavy atom. The number of anilines is 2. The Bertz CT molecular complexity index is 343. The molecule has 0 saturated heterocycles. The van der Waals surface area contributed by atoms with Crippen LogP contribution >= 0.6 is 0 Å². The van der Waals surface area contributed by atoms with Crippen molar-refractivity contribution >= 4 is 11.4 Å². The smallest absolute Gasteiger partial charge is 0.0399 e. The zero-order chi connectivity index (χ0) is 11.6. The van der Waals surface area contributed by atoms with Gasteiger partial charge in [0, 0.05) is 11.4 Å². The van der Waals surface area contributed by atoms with Crippen molar-refractivity contribution in [2.75, 3.05) is 11.5 Å². The van der Waals surface area contributed by atoms with Crippen LogP contribution in [0.25, 0.3) is 0 Å². The van der Waals surface area contributed by atoms with Crippen molar-refractivity contribution in [1.29, 1.82) is 0 Å². The Labute approximate surface area is 92.7 Å². The maximum absolute atomic E-state index is 6.08. The minimum absolute atomic E-state index is 0.504. The molecule has 0 saturated carbocycles. The topological polar surface area (TPSA) is 52.0 Å². The second kappa shape index (κ2) is 4.56. The van der Waals surface area contributed by atoms with E-state index in [2.05, 4.69) is 26.8 Å². The summed E-state index contributed by atoms with van der Waals surface area (Å²) in [4.78, 5) is 0. The summed E-state index contributed by atoms with van der Waals surface area (Å²) in [5, 5.41) is 0. The van der Waals surface area contributed by atoms with Crippen LogP contribution < -0.4 is 11.5 Å². The van der Waals surface area contributed by atoms with Crippen LogP contribution in [-0.4, -0.2) is 0 Å². The standard InChI is InChI=1S/C13H22N2/c1-8(2)7-9(3)11-5-6-12(14)10(4)13(11)15/h5-6,8-9H,7,14-15H2,1-4H3. The van der Waals surface area contributed by atoms with Gasteiger partial charge in [-0.2, -0.15) is 0 Å². The number of nitrogen functional groups attached to an aromatic ring is 2. The van der Waals surface area contributed by atoms with Crippen LogP contribution in [0.3, 0.4) is 0 Å². The van der Waals surface area contributed by atoms with Crippen molar-refractivity contribution in [3.63, 3.8) is 0 Å². The molecule has 0 fully saturated rings. The fourth-order valence-electron chi connectivity index (χ4n) is 2.03. The van der Waals surface area contributed by atoms with Crippen LogP contribution in [0.15, 0.2) is 12.1 Å². The fraction of sp³-hybridized carbons (Fsp3) is 0.538. The van der Waals surface area contributed by atoms with E-state index in [0.717, 1.165) is 23.4 Å². The first-order valence-corrected chi connectivity index (χ1v) is 5.58. The first kappa shape index (κ1) is 11.9. The molecule has 2 heteroatoms. The van der Waals surface area contributed by atoms with Gasteiger partial charge in [-0.15, -0.1) is 0 Å². The zero-order valence-electron chi connectivity index (χ0n) is 10.2. The summed E-state index contributed by atoms with van der Waals surface area (Å²) in [5.41, 5.74) is 15.8. The average molecular weight is 206 g/mol. The van der Waals surface area contributed by atoms with E-state index >= 15 is 0 Å². The summed E-state index contributed by atoms with van der Waals surface area (Å²) in [6, 6.07) is 4.02. The Kier molecular flexibility index (Phi) is 3.61. The average Bonchev–Trinajstić information content (AvgIpc) is 2.13. The zero-order valence-corrected chi connectivity index (χ0v) is 10.2. The maximum Gasteiger partial charge on any atom is 0.0399 e. The normalized spacial score (nSPS) is 13.1. The molecular formula is C13H22N2. The largest absolute Gasteiger partial charge is 0.398 e. The Hall–Kier alpha value is -1.18. The first-order chi connectivity index (χ1) is 6.93. The monoisotopic (exact) mass is 206 g/mol. The fourth-order valence-corrected chi connectivity index (χ4v) is 2.03. The predicted octanol–water partition coefficient (Wildman–Crippen LogP) is 3.31. The van der Waals surface area contributed by atoms with Gasteiger partial charge in [-0.1, -0.05) is 26.8 Å². The molecule has 0 aromatic heterocycles. The Morgan fingerprint density at radius 3 is 2.27 bits per heavy atom. The van der Waals surface area contributed by atoms with E-state index in [1.165, 1.54) is 5.56 Å². The number of nitrogens with two attached hydrogens (primary N) is 2. The lowest BCUT2D eigenvalue weighted by molar-refractivity contribution is 0.524. The lowest BCUT2D eigenvalue weighted by Gasteiger charge is -2.18. The van der Waals surface area contributed by atoms with E-state index < -0.39 is 0 Å². The minimum Gasteiger partial charge on any atom is -0.398 e. The summed E-state index contributed by atoms with van der Waals surface area (Å²) in [5.74, 6) is 1.20. The Morgan fingerprint density at radius 1 is 1.13 bits per heavy atom. The SMILES string of the molecule is Cc1c(N)ccc(C(C)CC(C)C)c1N. The van der Waals surface area contributed by atoms with E-state index in [0.29, 0.717) is 11.8 Å². The molecule has 1 aromatic rings. The van der Waals surface area contributed by atoms with Gasteiger partial charge in [0.15, 0.2) is 0 Å². The molecule has 2 nitrogen and oxygen atoms in total. The molecule has 0 bridgehead atoms. The number of hydrogen-bond donors (Lipinski definition) is 2. The minimum atomic E-state index is 0.504. The quantitative estimate of drug-likeness (QED) is 0.745. The molecule has 0 amide bonds. The van der Waals surface area contributed by atoms with Gasteiger partial charge < -0.3 is 11.5 Å². The highest BCUT2D eigenvalue weighted by atomic mass is 14.6. The van der Waals surface area contributed by atoms with E-state index in [1.807, 2.05) is 13.0 Å². The molecule has 0 spiro atoms. The van der Waals surface area contributed by atoms with Gasteiger partial charge in [-0.25, -0.2) is 0 Å². The highest BCUT2D eigenvalue weighted by Crippen LogP contribution is 2.31. The van der Waals surface area contributed by atoms with E-state index in [-0.39, 0.29) is 0 Å². The molecule has 0 radical (unpaired) electrons. The third-order valence-corrected chi connectivity index (χ3v) is 2.95. The molecule has 0 heterocycles. The molecule has 84 valence electrons. The second-order valence-corrected chi connectivity index (χ2v) is 4.81. The third kappa shape index (κ3) is 2.65. The van der Waals surface area contributed by atoms with Crippen LogP contribution in [0, 0.1) is 12.8 Å². The van der Waals surface area contributed by atoms with Crippen LogP contribution in [0.4, 0.5) is 11.4 Å². The highest BCUT2D eigenvalue weighted by Gasteiger charge is 2.13. The van der Waals surface area contributed by atoms with Crippen molar-refractivity contribution in [1.82, 2.24) is 0 Å². The van der Waals surface area contributed by atoms with Gasteiger partial charge in [0.2, 0.25) is 0 Å². The maximum atomic E-state index is 6.08. The van der Waals surface area contributed by atoms with Gasteiger partial charge in [-0.3, -0.25) is 0 Å². The lowest BCUT2D eigenvalue weighted by atomic mass is 9.89. The Balaban J connectivity index is 3.00. The van der Waals surface area contributed by atoms with Crippen molar-refractivity contribution in [2.45, 2.75) is 40.0 Å². The molecule has 1 rings (SSSR count). The summed E-state index contributed by atoms with van der Waals surface area (Å²) in [6.07, 6.45) is 1.16. The summed E-state index contributed by atoms with van der Waals surface area (Å²) < 4.78 is 0. The van der Waals surface area contributed by atoms with Crippen LogP contribution in [0.2, 0.25) is 0 Å². The lowest BCUT2D eigenvalue weighted by Crippen LogP contribution is -2.05. The van der Waals surface area contributed by atoms with Crippen molar-refractivity contribution in [3.05, 3.63) is 23.3 Å². The van der Waals surface area contributed by atoms with Crippen LogP contribution in [-0.2, 0) is 0 Å². The number of hydrogen-bond acceptors (Lipinski definition) is 2. The van der Waals surface area contributed by atoms with Crippen molar-refractivity contribution in [3.8, 4) is 0 Å². The highest BCUT2D eigenvalue weighted by molar-refractivity contribution is 5.65. The molecule has 1 unspecified atom stereocenters. The molecule has 1 aromatic carbocycles. The molecular weight excluding hydrogens is 184 g/mol. The van der Waals surface area contributed by atoms with Gasteiger partial charge in [0.1, 0.15) is 0 Å². The summed E-state index contributed by atoms with van der Waals surface area (Å²) >= 11 is 0. The van der Waals surface area contributed by atoms with Crippen LogP contribution in [0.1, 0.15) is 44.2 Å². The van der Waals surface area contributed by atoms with Gasteiger partial charge in [0.05, 0.1) is 0 Å². The van der Waals surface area contributed by atoms with Gasteiger partial charge in [0.25, 0.3) is 0 Å². The first-order valence-electron chi connectivity index (χ1n) is 5.58. The van der Waals surface area contributed by atoms with Gasteiger partial charge >= 0.3 is 0 Å². The molecule has 0 aliphatic rings.